The summed E-state index contributed by atoms with van der Waals surface area (Å²) in [7, 11) is 0. The molecule has 2 aromatic rings. The molecule has 0 saturated carbocycles. The van der Waals surface area contributed by atoms with Crippen LogP contribution in [0.2, 0.25) is 0 Å². The van der Waals surface area contributed by atoms with E-state index in [-0.39, 0.29) is 5.91 Å². The van der Waals surface area contributed by atoms with Crippen molar-refractivity contribution in [1.29, 1.82) is 0 Å². The zero-order valence-electron chi connectivity index (χ0n) is 13.6. The van der Waals surface area contributed by atoms with Crippen LogP contribution in [0.3, 0.4) is 0 Å². The van der Waals surface area contributed by atoms with Crippen LogP contribution in [0.4, 0.5) is 0 Å². The average molecular weight is 308 g/mol. The molecular formula is C20H24N2O. The zero-order valence-corrected chi connectivity index (χ0v) is 13.6. The van der Waals surface area contributed by atoms with Crippen molar-refractivity contribution in [2.24, 2.45) is 0 Å². The van der Waals surface area contributed by atoms with Gasteiger partial charge in [-0.15, -0.1) is 0 Å². The van der Waals surface area contributed by atoms with Crippen LogP contribution in [0, 0.1) is 0 Å². The Hall–Kier alpha value is -2.39. The maximum absolute atomic E-state index is 11.8. The van der Waals surface area contributed by atoms with Crippen LogP contribution in [0.1, 0.15) is 24.5 Å². The summed E-state index contributed by atoms with van der Waals surface area (Å²) in [5, 5.41) is 6.24. The number of hydrogen-bond acceptors (Lipinski definition) is 2. The van der Waals surface area contributed by atoms with Crippen molar-refractivity contribution in [1.82, 2.24) is 10.6 Å². The molecule has 0 aromatic heterocycles. The predicted molar refractivity (Wildman–Crippen MR) is 95.9 cm³/mol. The molecule has 0 heterocycles. The molecule has 2 N–H and O–H groups in total. The Morgan fingerprint density at radius 2 is 1.65 bits per heavy atom. The molecule has 2 rings (SSSR count). The summed E-state index contributed by atoms with van der Waals surface area (Å²) in [6.45, 7) is 4.16. The summed E-state index contributed by atoms with van der Waals surface area (Å²) in [6.07, 6.45) is 2.65. The van der Waals surface area contributed by atoms with E-state index in [2.05, 4.69) is 35.8 Å². The van der Waals surface area contributed by atoms with Crippen molar-refractivity contribution in [3.05, 3.63) is 77.4 Å². The fraction of sp³-hybridized carbons (Fsp3) is 0.250. The highest BCUT2D eigenvalue weighted by molar-refractivity contribution is 5.76. The molecule has 2 aromatic carbocycles. The SMILES string of the molecule is C/C(=C/c1ccccc1)CNCCC(=O)NCc1ccccc1. The van der Waals surface area contributed by atoms with Gasteiger partial charge in [0.1, 0.15) is 0 Å². The Kier molecular flexibility index (Phi) is 7.08. The van der Waals surface area contributed by atoms with Gasteiger partial charge in [0.25, 0.3) is 0 Å². The van der Waals surface area contributed by atoms with E-state index in [1.165, 1.54) is 11.1 Å². The van der Waals surface area contributed by atoms with Gasteiger partial charge in [0.2, 0.25) is 5.91 Å². The zero-order chi connectivity index (χ0) is 16.3. The van der Waals surface area contributed by atoms with E-state index in [1.807, 2.05) is 48.5 Å². The van der Waals surface area contributed by atoms with Gasteiger partial charge < -0.3 is 10.6 Å². The maximum Gasteiger partial charge on any atom is 0.221 e. The highest BCUT2D eigenvalue weighted by Gasteiger charge is 2.01. The summed E-state index contributed by atoms with van der Waals surface area (Å²) in [6, 6.07) is 20.2. The lowest BCUT2D eigenvalue weighted by atomic mass is 10.1. The number of amides is 1. The topological polar surface area (TPSA) is 41.1 Å². The van der Waals surface area contributed by atoms with Crippen LogP contribution < -0.4 is 10.6 Å². The highest BCUT2D eigenvalue weighted by atomic mass is 16.1. The van der Waals surface area contributed by atoms with E-state index in [0.717, 1.165) is 12.1 Å². The number of carbonyl (C=O) groups is 1. The van der Waals surface area contributed by atoms with E-state index in [0.29, 0.717) is 19.5 Å². The van der Waals surface area contributed by atoms with Crippen molar-refractivity contribution in [2.45, 2.75) is 19.9 Å². The Morgan fingerprint density at radius 3 is 2.35 bits per heavy atom. The normalized spacial score (nSPS) is 11.3. The summed E-state index contributed by atoms with van der Waals surface area (Å²) in [4.78, 5) is 11.8. The molecule has 0 unspecified atom stereocenters. The van der Waals surface area contributed by atoms with Crippen molar-refractivity contribution < 1.29 is 4.79 Å². The monoisotopic (exact) mass is 308 g/mol. The first kappa shape index (κ1) is 17.0. The van der Waals surface area contributed by atoms with Gasteiger partial charge in [0, 0.05) is 26.1 Å². The van der Waals surface area contributed by atoms with E-state index in [1.54, 1.807) is 0 Å². The number of carbonyl (C=O) groups excluding carboxylic acids is 1. The third-order valence-electron chi connectivity index (χ3n) is 3.48. The second kappa shape index (κ2) is 9.59. The van der Waals surface area contributed by atoms with E-state index in [9.17, 15) is 4.79 Å². The number of hydrogen-bond donors (Lipinski definition) is 2. The van der Waals surface area contributed by atoms with Crippen molar-refractivity contribution in [3.63, 3.8) is 0 Å². The van der Waals surface area contributed by atoms with Gasteiger partial charge in [0.05, 0.1) is 0 Å². The van der Waals surface area contributed by atoms with Gasteiger partial charge >= 0.3 is 0 Å². The molecule has 3 heteroatoms. The largest absolute Gasteiger partial charge is 0.352 e. The minimum atomic E-state index is 0.0750. The first-order valence-corrected chi connectivity index (χ1v) is 7.97. The Balaban J connectivity index is 1.61. The van der Waals surface area contributed by atoms with E-state index < -0.39 is 0 Å². The molecule has 1 amide bonds. The maximum atomic E-state index is 11.8. The first-order valence-electron chi connectivity index (χ1n) is 7.97. The molecule has 120 valence electrons. The third kappa shape index (κ3) is 6.94. The average Bonchev–Trinajstić information content (AvgIpc) is 2.59. The lowest BCUT2D eigenvalue weighted by Crippen LogP contribution is -2.27. The van der Waals surface area contributed by atoms with Crippen LogP contribution in [-0.4, -0.2) is 19.0 Å². The molecule has 0 aliphatic carbocycles. The summed E-state index contributed by atoms with van der Waals surface area (Å²) >= 11 is 0. The second-order valence-electron chi connectivity index (χ2n) is 5.59. The van der Waals surface area contributed by atoms with Crippen LogP contribution >= 0.6 is 0 Å². The molecule has 0 radical (unpaired) electrons. The number of benzene rings is 2. The van der Waals surface area contributed by atoms with Gasteiger partial charge in [-0.1, -0.05) is 72.3 Å². The minimum Gasteiger partial charge on any atom is -0.352 e. The Bertz CT molecular complexity index is 621. The molecule has 0 aliphatic rings. The molecule has 23 heavy (non-hydrogen) atoms. The molecule has 0 bridgehead atoms. The fourth-order valence-electron chi connectivity index (χ4n) is 2.26. The lowest BCUT2D eigenvalue weighted by molar-refractivity contribution is -0.121. The van der Waals surface area contributed by atoms with Crippen molar-refractivity contribution in [3.8, 4) is 0 Å². The van der Waals surface area contributed by atoms with Crippen molar-refractivity contribution in [2.75, 3.05) is 13.1 Å². The quantitative estimate of drug-likeness (QED) is 0.734. The van der Waals surface area contributed by atoms with Crippen LogP contribution in [-0.2, 0) is 11.3 Å². The van der Waals surface area contributed by atoms with Crippen LogP contribution in [0.25, 0.3) is 6.08 Å². The molecule has 0 fully saturated rings. The second-order valence-corrected chi connectivity index (χ2v) is 5.59. The van der Waals surface area contributed by atoms with Crippen LogP contribution in [0.5, 0.6) is 0 Å². The lowest BCUT2D eigenvalue weighted by Gasteiger charge is -2.07. The molecule has 0 atom stereocenters. The Morgan fingerprint density at radius 1 is 1.00 bits per heavy atom. The molecule has 3 nitrogen and oxygen atoms in total. The number of nitrogens with one attached hydrogen (secondary N) is 2. The van der Waals surface area contributed by atoms with Gasteiger partial charge in [-0.3, -0.25) is 4.79 Å². The fourth-order valence-corrected chi connectivity index (χ4v) is 2.26. The molecule has 0 saturated heterocycles. The highest BCUT2D eigenvalue weighted by Crippen LogP contribution is 2.05. The summed E-state index contributed by atoms with van der Waals surface area (Å²) in [5.41, 5.74) is 3.57. The predicted octanol–water partition coefficient (Wildman–Crippen LogP) is 3.39. The first-order chi connectivity index (χ1) is 11.2. The summed E-state index contributed by atoms with van der Waals surface area (Å²) < 4.78 is 0. The molecule has 0 aliphatic heterocycles. The van der Waals surface area contributed by atoms with Gasteiger partial charge in [0.15, 0.2) is 0 Å². The smallest absolute Gasteiger partial charge is 0.221 e. The minimum absolute atomic E-state index is 0.0750. The van der Waals surface area contributed by atoms with Crippen LogP contribution in [0.15, 0.2) is 66.2 Å². The number of rotatable bonds is 8. The van der Waals surface area contributed by atoms with Gasteiger partial charge in [-0.05, 0) is 18.1 Å². The van der Waals surface area contributed by atoms with Gasteiger partial charge in [-0.25, -0.2) is 0 Å². The molecule has 0 spiro atoms. The van der Waals surface area contributed by atoms with E-state index in [4.69, 9.17) is 0 Å². The van der Waals surface area contributed by atoms with Gasteiger partial charge in [-0.2, -0.15) is 0 Å². The summed E-state index contributed by atoms with van der Waals surface area (Å²) in [5.74, 6) is 0.0750. The standard InChI is InChI=1S/C20H24N2O/c1-17(14-18-8-4-2-5-9-18)15-21-13-12-20(23)22-16-19-10-6-3-7-11-19/h2-11,14,21H,12-13,15-16H2,1H3,(H,22,23)/b17-14-. The molecular weight excluding hydrogens is 284 g/mol. The Labute approximate surface area is 138 Å². The van der Waals surface area contributed by atoms with Crippen molar-refractivity contribution >= 4 is 12.0 Å². The third-order valence-corrected chi connectivity index (χ3v) is 3.48. The van der Waals surface area contributed by atoms with E-state index >= 15 is 0 Å².